The maximum atomic E-state index is 12.0. The molecule has 0 fully saturated rings. The van der Waals surface area contributed by atoms with Crippen LogP contribution in [-0.4, -0.2) is 25.2 Å². The molecule has 2 aromatic rings. The van der Waals surface area contributed by atoms with Gasteiger partial charge in [-0.3, -0.25) is 0 Å². The van der Waals surface area contributed by atoms with Crippen molar-refractivity contribution in [1.82, 2.24) is 0 Å². The van der Waals surface area contributed by atoms with Crippen LogP contribution in [-0.2, 0) is 0 Å². The highest BCUT2D eigenvalue weighted by Crippen LogP contribution is 2.18. The average molecular weight is 332 g/mol. The van der Waals surface area contributed by atoms with Gasteiger partial charge in [-0.2, -0.15) is 0 Å². The van der Waals surface area contributed by atoms with Crippen molar-refractivity contribution in [3.63, 3.8) is 0 Å². The number of nitrogen functional groups attached to an aromatic ring is 1. The Balaban J connectivity index is 2.00. The molecule has 0 amide bonds. The molecule has 0 saturated carbocycles. The van der Waals surface area contributed by atoms with Gasteiger partial charge in [-0.15, -0.1) is 0 Å². The fraction of sp³-hybridized carbons (Fsp3) is 0.176. The SMILES string of the molecule is Cc1cc(C(N)=NC=Nc2ccc(OCC(F)F)cc2)ccc1N. The summed E-state index contributed by atoms with van der Waals surface area (Å²) < 4.78 is 29.0. The standard InChI is InChI=1S/C17H18F2N4O/c1-11-8-12(2-7-15(11)20)17(21)23-10-22-13-3-5-14(6-4-13)24-9-16(18)19/h2-8,10,16H,9,20H2,1H3,(H2,21,22,23). The van der Waals surface area contributed by atoms with E-state index in [1.807, 2.05) is 13.0 Å². The number of aryl methyl sites for hydroxylation is 1. The molecule has 0 radical (unpaired) electrons. The van der Waals surface area contributed by atoms with Crippen molar-refractivity contribution in [3.8, 4) is 5.75 Å². The van der Waals surface area contributed by atoms with Crippen LogP contribution < -0.4 is 16.2 Å². The van der Waals surface area contributed by atoms with Crippen LogP contribution in [0.1, 0.15) is 11.1 Å². The van der Waals surface area contributed by atoms with Crippen molar-refractivity contribution < 1.29 is 13.5 Å². The van der Waals surface area contributed by atoms with Gasteiger partial charge in [0, 0.05) is 11.3 Å². The van der Waals surface area contributed by atoms with E-state index in [0.717, 1.165) is 11.1 Å². The van der Waals surface area contributed by atoms with Gasteiger partial charge in [-0.05, 0) is 55.0 Å². The van der Waals surface area contributed by atoms with Crippen LogP contribution in [0.25, 0.3) is 0 Å². The number of aliphatic imine (C=N–C) groups is 2. The van der Waals surface area contributed by atoms with Gasteiger partial charge in [-0.1, -0.05) is 0 Å². The molecule has 24 heavy (non-hydrogen) atoms. The van der Waals surface area contributed by atoms with E-state index in [4.69, 9.17) is 16.2 Å². The highest BCUT2D eigenvalue weighted by molar-refractivity contribution is 6.01. The lowest BCUT2D eigenvalue weighted by Gasteiger charge is -2.05. The fourth-order valence-corrected chi connectivity index (χ4v) is 1.85. The van der Waals surface area contributed by atoms with Gasteiger partial charge in [0.15, 0.2) is 0 Å². The summed E-state index contributed by atoms with van der Waals surface area (Å²) in [5.74, 6) is 0.674. The van der Waals surface area contributed by atoms with E-state index >= 15 is 0 Å². The lowest BCUT2D eigenvalue weighted by Crippen LogP contribution is -2.13. The normalized spacial score (nSPS) is 12.1. The predicted octanol–water partition coefficient (Wildman–Crippen LogP) is 3.29. The molecule has 0 aromatic heterocycles. The molecule has 0 aliphatic heterocycles. The minimum absolute atomic E-state index is 0.318. The Labute approximate surface area is 138 Å². The van der Waals surface area contributed by atoms with Crippen LogP contribution in [0.3, 0.4) is 0 Å². The number of nitrogens with two attached hydrogens (primary N) is 2. The quantitative estimate of drug-likeness (QED) is 0.483. The van der Waals surface area contributed by atoms with Crippen molar-refractivity contribution in [2.45, 2.75) is 13.3 Å². The first-order chi connectivity index (χ1) is 11.5. The topological polar surface area (TPSA) is 86.0 Å². The van der Waals surface area contributed by atoms with Crippen molar-refractivity contribution in [2.24, 2.45) is 15.7 Å². The Bertz CT molecular complexity index is 743. The molecule has 2 aromatic carbocycles. The minimum Gasteiger partial charge on any atom is -0.488 e. The van der Waals surface area contributed by atoms with Gasteiger partial charge in [-0.25, -0.2) is 18.8 Å². The van der Waals surface area contributed by atoms with E-state index < -0.39 is 13.0 Å². The maximum Gasteiger partial charge on any atom is 0.272 e. The molecule has 0 atom stereocenters. The number of nitrogens with zero attached hydrogens (tertiary/aromatic N) is 2. The first-order valence-electron chi connectivity index (χ1n) is 7.19. The second-order valence-corrected chi connectivity index (χ2v) is 5.03. The molecule has 7 heteroatoms. The fourth-order valence-electron chi connectivity index (χ4n) is 1.85. The summed E-state index contributed by atoms with van der Waals surface area (Å²) in [6.07, 6.45) is -1.17. The summed E-state index contributed by atoms with van der Waals surface area (Å²) in [6.45, 7) is 1.25. The van der Waals surface area contributed by atoms with Gasteiger partial charge < -0.3 is 16.2 Å². The third-order valence-electron chi connectivity index (χ3n) is 3.18. The lowest BCUT2D eigenvalue weighted by molar-refractivity contribution is 0.0819. The zero-order valence-corrected chi connectivity index (χ0v) is 13.1. The largest absolute Gasteiger partial charge is 0.488 e. The number of halogens is 2. The summed E-state index contributed by atoms with van der Waals surface area (Å²) in [5, 5.41) is 0. The Hall–Kier alpha value is -2.96. The summed E-state index contributed by atoms with van der Waals surface area (Å²) in [7, 11) is 0. The van der Waals surface area contributed by atoms with E-state index in [-0.39, 0.29) is 0 Å². The second-order valence-electron chi connectivity index (χ2n) is 5.03. The molecule has 0 unspecified atom stereocenters. The molecule has 5 nitrogen and oxygen atoms in total. The third-order valence-corrected chi connectivity index (χ3v) is 3.18. The zero-order chi connectivity index (χ0) is 17.5. The van der Waals surface area contributed by atoms with E-state index in [9.17, 15) is 8.78 Å². The number of ether oxygens (including phenoxy) is 1. The number of hydrogen-bond donors (Lipinski definition) is 2. The monoisotopic (exact) mass is 332 g/mol. The van der Waals surface area contributed by atoms with Gasteiger partial charge in [0.2, 0.25) is 0 Å². The van der Waals surface area contributed by atoms with Crippen molar-refractivity contribution in [3.05, 3.63) is 53.6 Å². The summed E-state index contributed by atoms with van der Waals surface area (Å²) in [5.41, 5.74) is 14.6. The summed E-state index contributed by atoms with van der Waals surface area (Å²) >= 11 is 0. The lowest BCUT2D eigenvalue weighted by atomic mass is 10.1. The van der Waals surface area contributed by atoms with Gasteiger partial charge in [0.1, 0.15) is 24.5 Å². The molecule has 0 bridgehead atoms. The highest BCUT2D eigenvalue weighted by Gasteiger charge is 2.03. The molecule has 4 N–H and O–H groups in total. The van der Waals surface area contributed by atoms with Crippen molar-refractivity contribution in [2.75, 3.05) is 12.3 Å². The number of benzene rings is 2. The van der Waals surface area contributed by atoms with Crippen LogP contribution in [0.5, 0.6) is 5.75 Å². The molecule has 0 aliphatic rings. The first-order valence-corrected chi connectivity index (χ1v) is 7.19. The smallest absolute Gasteiger partial charge is 0.272 e. The average Bonchev–Trinajstić information content (AvgIpc) is 2.56. The van der Waals surface area contributed by atoms with Crippen LogP contribution in [0.4, 0.5) is 20.2 Å². The van der Waals surface area contributed by atoms with Crippen LogP contribution in [0.15, 0.2) is 52.4 Å². The Kier molecular flexibility index (Phi) is 5.83. The first kappa shape index (κ1) is 17.4. The van der Waals surface area contributed by atoms with E-state index in [1.54, 1.807) is 36.4 Å². The Morgan fingerprint density at radius 2 is 1.92 bits per heavy atom. The Morgan fingerprint density at radius 1 is 1.21 bits per heavy atom. The molecule has 0 heterocycles. The maximum absolute atomic E-state index is 12.0. The van der Waals surface area contributed by atoms with Gasteiger partial charge >= 0.3 is 0 Å². The number of rotatable bonds is 6. The summed E-state index contributed by atoms with van der Waals surface area (Å²) in [6, 6.07) is 11.8. The molecular formula is C17H18F2N4O. The molecule has 126 valence electrons. The molecular weight excluding hydrogens is 314 g/mol. The molecule has 0 aliphatic carbocycles. The van der Waals surface area contributed by atoms with Crippen LogP contribution in [0, 0.1) is 6.92 Å². The highest BCUT2D eigenvalue weighted by atomic mass is 19.3. The molecule has 0 saturated heterocycles. The summed E-state index contributed by atoms with van der Waals surface area (Å²) in [4.78, 5) is 8.20. The second kappa shape index (κ2) is 8.05. The van der Waals surface area contributed by atoms with Gasteiger partial charge in [0.25, 0.3) is 6.43 Å². The van der Waals surface area contributed by atoms with Crippen molar-refractivity contribution in [1.29, 1.82) is 0 Å². The van der Waals surface area contributed by atoms with Gasteiger partial charge in [0.05, 0.1) is 5.69 Å². The van der Waals surface area contributed by atoms with E-state index in [1.165, 1.54) is 6.34 Å². The zero-order valence-electron chi connectivity index (χ0n) is 13.1. The predicted molar refractivity (Wildman–Crippen MR) is 92.4 cm³/mol. The van der Waals surface area contributed by atoms with E-state index in [0.29, 0.717) is 23.0 Å². The van der Waals surface area contributed by atoms with Crippen LogP contribution >= 0.6 is 0 Å². The number of anilines is 1. The number of hydrogen-bond acceptors (Lipinski definition) is 3. The number of amidine groups is 1. The van der Waals surface area contributed by atoms with E-state index in [2.05, 4.69) is 9.98 Å². The molecule has 2 rings (SSSR count). The number of alkyl halides is 2. The Morgan fingerprint density at radius 3 is 2.54 bits per heavy atom. The minimum atomic E-state index is -2.50. The van der Waals surface area contributed by atoms with Crippen LogP contribution in [0.2, 0.25) is 0 Å². The molecule has 0 spiro atoms. The van der Waals surface area contributed by atoms with Crippen molar-refractivity contribution >= 4 is 23.5 Å². The third kappa shape index (κ3) is 5.05.